The van der Waals surface area contributed by atoms with Gasteiger partial charge in [0.15, 0.2) is 0 Å². The molecule has 0 fully saturated rings. The van der Waals surface area contributed by atoms with Crippen LogP contribution in [0.15, 0.2) is 29.3 Å². The molecule has 23 heavy (non-hydrogen) atoms. The first kappa shape index (κ1) is 20.3. The number of nitrogens with zero attached hydrogens (tertiary/aromatic N) is 1. The normalized spacial score (nSPS) is 12.3. The van der Waals surface area contributed by atoms with E-state index in [-0.39, 0.29) is 5.91 Å². The minimum absolute atomic E-state index is 0.109. The Morgan fingerprint density at radius 2 is 1.83 bits per heavy atom. The molecule has 0 aromatic heterocycles. The van der Waals surface area contributed by atoms with E-state index >= 15 is 0 Å². The number of carbonyl (C=O) groups is 1. The van der Waals surface area contributed by atoms with Gasteiger partial charge < -0.3 is 5.32 Å². The molecule has 0 saturated heterocycles. The van der Waals surface area contributed by atoms with Gasteiger partial charge in [0.1, 0.15) is 0 Å². The first-order valence-corrected chi connectivity index (χ1v) is 14.1. The van der Waals surface area contributed by atoms with E-state index in [2.05, 4.69) is 55.5 Å². The molecule has 6 heteroatoms. The highest BCUT2D eigenvalue weighted by molar-refractivity contribution is 8.13. The van der Waals surface area contributed by atoms with Crippen molar-refractivity contribution >= 4 is 42.5 Å². The highest BCUT2D eigenvalue weighted by Crippen LogP contribution is 2.14. The van der Waals surface area contributed by atoms with Crippen LogP contribution in [0.2, 0.25) is 19.6 Å². The number of benzene rings is 1. The summed E-state index contributed by atoms with van der Waals surface area (Å²) in [4.78, 5) is 16.2. The van der Waals surface area contributed by atoms with Crippen molar-refractivity contribution in [3.63, 3.8) is 0 Å². The molecule has 0 unspecified atom stereocenters. The Bertz CT molecular complexity index is 524. The molecule has 1 aromatic rings. The number of hydrogen-bond donors (Lipinski definition) is 1. The second-order valence-electron chi connectivity index (χ2n) is 6.62. The molecule has 0 aliphatic carbocycles. The van der Waals surface area contributed by atoms with E-state index in [1.54, 1.807) is 23.5 Å². The van der Waals surface area contributed by atoms with Gasteiger partial charge in [0.2, 0.25) is 5.91 Å². The van der Waals surface area contributed by atoms with E-state index in [4.69, 9.17) is 4.99 Å². The molecule has 0 atom stereocenters. The molecular weight excluding hydrogens is 340 g/mol. The Morgan fingerprint density at radius 1 is 1.17 bits per heavy atom. The minimum atomic E-state index is -1.16. The van der Waals surface area contributed by atoms with Gasteiger partial charge in [0, 0.05) is 18.3 Å². The van der Waals surface area contributed by atoms with Crippen LogP contribution in [-0.2, 0) is 11.2 Å². The van der Waals surface area contributed by atoms with Gasteiger partial charge in [-0.2, -0.15) is 11.8 Å². The van der Waals surface area contributed by atoms with Crippen molar-refractivity contribution in [1.29, 1.82) is 0 Å². The van der Waals surface area contributed by atoms with Crippen molar-refractivity contribution in [3.8, 4) is 0 Å². The zero-order valence-corrected chi connectivity index (χ0v) is 17.4. The maximum absolute atomic E-state index is 11.4. The van der Waals surface area contributed by atoms with Gasteiger partial charge in [0.05, 0.1) is 18.9 Å². The van der Waals surface area contributed by atoms with E-state index in [9.17, 15) is 4.79 Å². The number of hydrogen-bond acceptors (Lipinski definition) is 4. The van der Waals surface area contributed by atoms with Gasteiger partial charge in [-0.05, 0) is 24.5 Å². The molecule has 0 aliphatic heterocycles. The zero-order valence-electron chi connectivity index (χ0n) is 14.8. The van der Waals surface area contributed by atoms with Crippen LogP contribution in [0.4, 0.5) is 0 Å². The molecule has 0 saturated carbocycles. The zero-order chi connectivity index (χ0) is 17.3. The molecule has 0 radical (unpaired) electrons. The van der Waals surface area contributed by atoms with Crippen LogP contribution in [0.3, 0.4) is 0 Å². The predicted molar refractivity (Wildman–Crippen MR) is 110 cm³/mol. The van der Waals surface area contributed by atoms with Crippen LogP contribution >= 0.6 is 23.5 Å². The van der Waals surface area contributed by atoms with Gasteiger partial charge in [-0.1, -0.05) is 43.9 Å². The van der Waals surface area contributed by atoms with E-state index in [1.807, 2.05) is 6.26 Å². The fraction of sp³-hybridized carbons (Fsp3) is 0.529. The van der Waals surface area contributed by atoms with Crippen LogP contribution in [0.5, 0.6) is 0 Å². The predicted octanol–water partition coefficient (Wildman–Crippen LogP) is 3.70. The first-order chi connectivity index (χ1) is 10.9. The van der Waals surface area contributed by atoms with Crippen molar-refractivity contribution in [1.82, 2.24) is 5.32 Å². The maximum Gasteiger partial charge on any atom is 0.229 e. The fourth-order valence-corrected chi connectivity index (χ4v) is 3.60. The highest BCUT2D eigenvalue weighted by Gasteiger charge is 2.13. The molecular formula is C17H28N2OS2Si. The summed E-state index contributed by atoms with van der Waals surface area (Å²) < 4.78 is 0. The third-order valence-electron chi connectivity index (χ3n) is 3.10. The maximum atomic E-state index is 11.4. The number of aliphatic imine (C=N–C) groups is 1. The highest BCUT2D eigenvalue weighted by atomic mass is 32.2. The quantitative estimate of drug-likeness (QED) is 0.432. The second kappa shape index (κ2) is 10.2. The lowest BCUT2D eigenvalue weighted by Gasteiger charge is -2.13. The molecule has 1 N–H and O–H groups in total. The standard InChI is InChI=1S/C17H28N2OS2Si/c1-21-12-16(20)18-11-10-14-6-8-15(9-7-14)17(22-2)19-13-23(3,4)5/h6-9H,10-13H2,1-5H3,(H,18,20). The average molecular weight is 369 g/mol. The molecule has 3 nitrogen and oxygen atoms in total. The largest absolute Gasteiger partial charge is 0.355 e. The van der Waals surface area contributed by atoms with Crippen LogP contribution in [-0.4, -0.2) is 50.0 Å². The summed E-state index contributed by atoms with van der Waals surface area (Å²) in [5.74, 6) is 0.640. The fourth-order valence-electron chi connectivity index (χ4n) is 1.93. The van der Waals surface area contributed by atoms with Crippen molar-refractivity contribution < 1.29 is 4.79 Å². The number of thioether (sulfide) groups is 2. The Kier molecular flexibility index (Phi) is 9.02. The smallest absolute Gasteiger partial charge is 0.229 e. The third kappa shape index (κ3) is 8.63. The summed E-state index contributed by atoms with van der Waals surface area (Å²) in [6.45, 7) is 7.70. The molecule has 128 valence electrons. The molecule has 0 heterocycles. The summed E-state index contributed by atoms with van der Waals surface area (Å²) in [7, 11) is -1.16. The van der Waals surface area contributed by atoms with Crippen molar-refractivity contribution in [2.75, 3.05) is 31.0 Å². The Balaban J connectivity index is 2.59. The van der Waals surface area contributed by atoms with Gasteiger partial charge in [0.25, 0.3) is 0 Å². The van der Waals surface area contributed by atoms with E-state index in [1.165, 1.54) is 11.1 Å². The molecule has 0 bridgehead atoms. The summed E-state index contributed by atoms with van der Waals surface area (Å²) in [6, 6.07) is 8.55. The van der Waals surface area contributed by atoms with Crippen LogP contribution < -0.4 is 5.32 Å². The average Bonchev–Trinajstić information content (AvgIpc) is 2.48. The lowest BCUT2D eigenvalue weighted by atomic mass is 10.1. The second-order valence-corrected chi connectivity index (χ2v) is 13.7. The first-order valence-electron chi connectivity index (χ1n) is 7.79. The molecule has 0 spiro atoms. The van der Waals surface area contributed by atoms with Gasteiger partial charge in [-0.25, -0.2) is 0 Å². The number of carbonyl (C=O) groups excluding carboxylic acids is 1. The van der Waals surface area contributed by atoms with Gasteiger partial charge in [-0.15, -0.1) is 11.8 Å². The van der Waals surface area contributed by atoms with Crippen molar-refractivity contribution in [3.05, 3.63) is 35.4 Å². The van der Waals surface area contributed by atoms with Crippen LogP contribution in [0.1, 0.15) is 11.1 Å². The molecule has 1 rings (SSSR count). The Morgan fingerprint density at radius 3 is 2.35 bits per heavy atom. The summed E-state index contributed by atoms with van der Waals surface area (Å²) in [5.41, 5.74) is 2.43. The SMILES string of the molecule is CSCC(=O)NCCc1ccc(C(=NC[Si](C)(C)C)SC)cc1. The lowest BCUT2D eigenvalue weighted by Crippen LogP contribution is -2.27. The van der Waals surface area contributed by atoms with E-state index in [0.29, 0.717) is 12.3 Å². The monoisotopic (exact) mass is 368 g/mol. The Hall–Kier alpha value is -0.723. The summed E-state index contributed by atoms with van der Waals surface area (Å²) >= 11 is 3.25. The van der Waals surface area contributed by atoms with E-state index in [0.717, 1.165) is 17.6 Å². The number of rotatable bonds is 8. The summed E-state index contributed by atoms with van der Waals surface area (Å²) in [5, 5.41) is 4.05. The van der Waals surface area contributed by atoms with Crippen LogP contribution in [0, 0.1) is 0 Å². The Labute approximate surface area is 150 Å². The number of nitrogens with one attached hydrogen (secondary N) is 1. The van der Waals surface area contributed by atoms with Crippen molar-refractivity contribution in [2.45, 2.75) is 26.1 Å². The molecule has 1 aromatic carbocycles. The number of amides is 1. The molecule has 1 amide bonds. The lowest BCUT2D eigenvalue weighted by molar-refractivity contribution is -0.118. The minimum Gasteiger partial charge on any atom is -0.355 e. The van der Waals surface area contributed by atoms with Gasteiger partial charge >= 0.3 is 0 Å². The van der Waals surface area contributed by atoms with Crippen molar-refractivity contribution in [2.24, 2.45) is 4.99 Å². The third-order valence-corrected chi connectivity index (χ3v) is 5.51. The topological polar surface area (TPSA) is 41.5 Å². The van der Waals surface area contributed by atoms with Crippen LogP contribution in [0.25, 0.3) is 0 Å². The summed E-state index contributed by atoms with van der Waals surface area (Å²) in [6.07, 6.45) is 5.84. The molecule has 0 aliphatic rings. The van der Waals surface area contributed by atoms with Gasteiger partial charge in [-0.3, -0.25) is 9.79 Å². The van der Waals surface area contributed by atoms with E-state index < -0.39 is 8.07 Å².